The van der Waals surface area contributed by atoms with Crippen molar-refractivity contribution in [3.05, 3.63) is 29.3 Å². The van der Waals surface area contributed by atoms with Crippen molar-refractivity contribution in [2.75, 3.05) is 6.61 Å². The summed E-state index contributed by atoms with van der Waals surface area (Å²) in [5.41, 5.74) is 5.26. The van der Waals surface area contributed by atoms with Crippen LogP contribution < -0.4 is 10.5 Å². The van der Waals surface area contributed by atoms with Gasteiger partial charge in [0.05, 0.1) is 0 Å². The molecule has 1 aromatic carbocycles. The predicted octanol–water partition coefficient (Wildman–Crippen LogP) is 1.97. The van der Waals surface area contributed by atoms with Gasteiger partial charge >= 0.3 is 0 Å². The lowest BCUT2D eigenvalue weighted by molar-refractivity contribution is 0.257. The van der Waals surface area contributed by atoms with Crippen molar-refractivity contribution in [3.8, 4) is 5.75 Å². The first-order valence-electron chi connectivity index (χ1n) is 4.15. The number of benzene rings is 1. The molecule has 0 amide bonds. The van der Waals surface area contributed by atoms with Crippen LogP contribution in [-0.4, -0.2) is 12.6 Å². The quantitative estimate of drug-likeness (QED) is 0.628. The van der Waals surface area contributed by atoms with Gasteiger partial charge in [-0.05, 0) is 6.92 Å². The van der Waals surface area contributed by atoms with Gasteiger partial charge in [0.25, 0.3) is 0 Å². The highest BCUT2D eigenvalue weighted by Gasteiger charge is 2.20. The molecule has 0 spiro atoms. The fourth-order valence-corrected chi connectivity index (χ4v) is 0.893. The first kappa shape index (κ1) is 11.8. The maximum absolute atomic E-state index is 12.9. The summed E-state index contributed by atoms with van der Waals surface area (Å²) >= 11 is 0. The molecule has 0 unspecified atom stereocenters. The smallest absolute Gasteiger partial charge is 0.203 e. The summed E-state index contributed by atoms with van der Waals surface area (Å²) in [7, 11) is 0. The molecule has 0 aliphatic heterocycles. The largest absolute Gasteiger partial charge is 0.486 e. The van der Waals surface area contributed by atoms with E-state index < -0.39 is 35.1 Å². The van der Waals surface area contributed by atoms with Gasteiger partial charge in [0, 0.05) is 12.1 Å². The Morgan fingerprint density at radius 1 is 1.20 bits per heavy atom. The molecule has 1 rings (SSSR count). The van der Waals surface area contributed by atoms with Crippen LogP contribution in [0.3, 0.4) is 0 Å². The molecule has 0 saturated carbocycles. The highest BCUT2D eigenvalue weighted by molar-refractivity contribution is 5.28. The van der Waals surface area contributed by atoms with E-state index in [1.54, 1.807) is 0 Å². The molecule has 0 aliphatic rings. The Morgan fingerprint density at radius 2 is 1.67 bits per heavy atom. The Morgan fingerprint density at radius 3 is 2.07 bits per heavy atom. The molecule has 84 valence electrons. The molecular weight excluding hydrogens is 214 g/mol. The van der Waals surface area contributed by atoms with E-state index in [0.717, 1.165) is 0 Å². The van der Waals surface area contributed by atoms with Crippen molar-refractivity contribution in [1.82, 2.24) is 0 Å². The van der Waals surface area contributed by atoms with Gasteiger partial charge in [-0.3, -0.25) is 0 Å². The molecule has 15 heavy (non-hydrogen) atoms. The summed E-state index contributed by atoms with van der Waals surface area (Å²) in [6.07, 6.45) is 0. The minimum atomic E-state index is -1.56. The molecule has 2 N–H and O–H groups in total. The van der Waals surface area contributed by atoms with Gasteiger partial charge in [0.15, 0.2) is 17.4 Å². The molecule has 0 bridgehead atoms. The predicted molar refractivity (Wildman–Crippen MR) is 45.4 cm³/mol. The fourth-order valence-electron chi connectivity index (χ4n) is 0.893. The second-order valence-corrected chi connectivity index (χ2v) is 3.09. The van der Waals surface area contributed by atoms with E-state index in [1.165, 1.54) is 6.92 Å². The first-order chi connectivity index (χ1) is 6.93. The topological polar surface area (TPSA) is 35.2 Å². The maximum atomic E-state index is 12.9. The van der Waals surface area contributed by atoms with Gasteiger partial charge in [-0.15, -0.1) is 0 Å². The van der Waals surface area contributed by atoms with E-state index >= 15 is 0 Å². The van der Waals surface area contributed by atoms with Crippen molar-refractivity contribution in [2.24, 2.45) is 5.73 Å². The molecule has 6 heteroatoms. The average molecular weight is 223 g/mol. The normalized spacial score (nSPS) is 12.7. The van der Waals surface area contributed by atoms with Crippen LogP contribution in [0.25, 0.3) is 0 Å². The molecule has 0 saturated heterocycles. The zero-order valence-electron chi connectivity index (χ0n) is 7.86. The van der Waals surface area contributed by atoms with Gasteiger partial charge in [-0.25, -0.2) is 8.78 Å². The van der Waals surface area contributed by atoms with Crippen LogP contribution >= 0.6 is 0 Å². The van der Waals surface area contributed by atoms with E-state index in [4.69, 9.17) is 5.73 Å². The maximum Gasteiger partial charge on any atom is 0.203 e. The zero-order chi connectivity index (χ0) is 11.6. The van der Waals surface area contributed by atoms with Crippen molar-refractivity contribution in [1.29, 1.82) is 0 Å². The molecule has 1 aromatic rings. The fraction of sp³-hybridized carbons (Fsp3) is 0.333. The van der Waals surface area contributed by atoms with Gasteiger partial charge < -0.3 is 10.5 Å². The molecule has 1 atom stereocenters. The molecule has 0 aromatic heterocycles. The van der Waals surface area contributed by atoms with Crippen LogP contribution in [0.4, 0.5) is 17.6 Å². The number of ether oxygens (including phenoxy) is 1. The van der Waals surface area contributed by atoms with E-state index in [9.17, 15) is 17.6 Å². The number of hydrogen-bond acceptors (Lipinski definition) is 2. The minimum Gasteiger partial charge on any atom is -0.486 e. The molecule has 0 heterocycles. The van der Waals surface area contributed by atoms with Crippen LogP contribution in [0, 0.1) is 23.3 Å². The van der Waals surface area contributed by atoms with E-state index in [1.807, 2.05) is 0 Å². The number of rotatable bonds is 3. The van der Waals surface area contributed by atoms with E-state index in [-0.39, 0.29) is 12.7 Å². The minimum absolute atomic E-state index is 0.114. The molecular formula is C9H9F4NO. The Labute approximate surface area is 83.6 Å². The van der Waals surface area contributed by atoms with Crippen molar-refractivity contribution < 1.29 is 22.3 Å². The third-order valence-electron chi connectivity index (χ3n) is 1.56. The molecule has 0 fully saturated rings. The monoisotopic (exact) mass is 223 g/mol. The average Bonchev–Trinajstić information content (AvgIpc) is 2.14. The summed E-state index contributed by atoms with van der Waals surface area (Å²) in [6.45, 7) is 1.28. The van der Waals surface area contributed by atoms with Crippen LogP contribution in [0.15, 0.2) is 6.07 Å². The summed E-state index contributed by atoms with van der Waals surface area (Å²) in [5, 5.41) is 0. The van der Waals surface area contributed by atoms with Crippen molar-refractivity contribution in [2.45, 2.75) is 13.0 Å². The van der Waals surface area contributed by atoms with Crippen molar-refractivity contribution in [3.63, 3.8) is 0 Å². The third-order valence-corrected chi connectivity index (χ3v) is 1.56. The molecule has 0 aliphatic carbocycles. The van der Waals surface area contributed by atoms with E-state index in [0.29, 0.717) is 0 Å². The van der Waals surface area contributed by atoms with Crippen LogP contribution in [0.5, 0.6) is 5.75 Å². The van der Waals surface area contributed by atoms with Gasteiger partial charge in [-0.1, -0.05) is 0 Å². The second-order valence-electron chi connectivity index (χ2n) is 3.09. The Bertz CT molecular complexity index is 341. The Hall–Kier alpha value is -1.30. The van der Waals surface area contributed by atoms with Gasteiger partial charge in [-0.2, -0.15) is 8.78 Å². The second kappa shape index (κ2) is 4.48. The van der Waals surface area contributed by atoms with E-state index in [2.05, 4.69) is 4.74 Å². The van der Waals surface area contributed by atoms with Crippen LogP contribution in [-0.2, 0) is 0 Å². The summed E-state index contributed by atoms with van der Waals surface area (Å²) in [5.74, 6) is -7.21. The van der Waals surface area contributed by atoms with Gasteiger partial charge in [0.1, 0.15) is 6.61 Å². The summed E-state index contributed by atoms with van der Waals surface area (Å²) in [4.78, 5) is 0. The van der Waals surface area contributed by atoms with Crippen molar-refractivity contribution >= 4 is 0 Å². The number of nitrogens with two attached hydrogens (primary N) is 1. The van der Waals surface area contributed by atoms with Gasteiger partial charge in [0.2, 0.25) is 11.6 Å². The summed E-state index contributed by atoms with van der Waals surface area (Å²) < 4.78 is 55.7. The Balaban J connectivity index is 3.04. The summed E-state index contributed by atoms with van der Waals surface area (Å²) in [6, 6.07) is -0.390. The highest BCUT2D eigenvalue weighted by Crippen LogP contribution is 2.26. The lowest BCUT2D eigenvalue weighted by atomic mass is 10.3. The lowest BCUT2D eigenvalue weighted by Gasteiger charge is -2.10. The molecule has 0 radical (unpaired) electrons. The Kier molecular flexibility index (Phi) is 3.52. The number of hydrogen-bond donors (Lipinski definition) is 1. The molecule has 2 nitrogen and oxygen atoms in total. The highest BCUT2D eigenvalue weighted by atomic mass is 19.2. The third kappa shape index (κ3) is 2.59. The number of halogens is 4. The SMILES string of the molecule is C[C@H](N)COc1c(F)c(F)cc(F)c1F. The van der Waals surface area contributed by atoms with Crippen LogP contribution in [0.2, 0.25) is 0 Å². The zero-order valence-corrected chi connectivity index (χ0v) is 7.86. The lowest BCUT2D eigenvalue weighted by Crippen LogP contribution is -2.24. The van der Waals surface area contributed by atoms with Crippen LogP contribution in [0.1, 0.15) is 6.92 Å². The first-order valence-corrected chi connectivity index (χ1v) is 4.15. The standard InChI is InChI=1S/C9H9F4NO/c1-4(14)3-15-9-7(12)5(10)2-6(11)8(9)13/h2,4H,3,14H2,1H3/t4-/m0/s1.